The summed E-state index contributed by atoms with van der Waals surface area (Å²) in [5, 5.41) is 3.38. The lowest BCUT2D eigenvalue weighted by Crippen LogP contribution is -2.45. The summed E-state index contributed by atoms with van der Waals surface area (Å²) in [6.07, 6.45) is 4.45. The molecule has 16 heavy (non-hydrogen) atoms. The van der Waals surface area contributed by atoms with Crippen LogP contribution in [0.25, 0.3) is 0 Å². The lowest BCUT2D eigenvalue weighted by Gasteiger charge is -2.36. The zero-order valence-corrected chi connectivity index (χ0v) is 10.2. The van der Waals surface area contributed by atoms with Gasteiger partial charge in [0.25, 0.3) is 0 Å². The van der Waals surface area contributed by atoms with Gasteiger partial charge >= 0.3 is 0 Å². The highest BCUT2D eigenvalue weighted by Crippen LogP contribution is 2.22. The Kier molecular flexibility index (Phi) is 3.91. The molecule has 88 valence electrons. The van der Waals surface area contributed by atoms with Crippen LogP contribution in [0.4, 0.5) is 0 Å². The van der Waals surface area contributed by atoms with E-state index in [0.717, 1.165) is 6.54 Å². The van der Waals surface area contributed by atoms with Gasteiger partial charge in [0.15, 0.2) is 0 Å². The third-order valence-electron chi connectivity index (χ3n) is 3.52. The summed E-state index contributed by atoms with van der Waals surface area (Å²) in [5.74, 6) is 0. The van der Waals surface area contributed by atoms with Crippen molar-refractivity contribution in [3.63, 3.8) is 0 Å². The van der Waals surface area contributed by atoms with Crippen molar-refractivity contribution in [3.8, 4) is 0 Å². The highest BCUT2D eigenvalue weighted by atomic mass is 15.2. The van der Waals surface area contributed by atoms with Crippen molar-refractivity contribution < 1.29 is 0 Å². The summed E-state index contributed by atoms with van der Waals surface area (Å²) >= 11 is 0. The number of aromatic nitrogens is 1. The van der Waals surface area contributed by atoms with Gasteiger partial charge in [-0.15, -0.1) is 0 Å². The molecule has 1 aromatic heterocycles. The Hall–Kier alpha value is -0.930. The molecule has 0 amide bonds. The molecule has 3 heteroatoms. The summed E-state index contributed by atoms with van der Waals surface area (Å²) in [6.45, 7) is 4.57. The fourth-order valence-corrected chi connectivity index (χ4v) is 2.40. The number of hydrogen-bond acceptors (Lipinski definition) is 3. The molecule has 2 rings (SSSR count). The van der Waals surface area contributed by atoms with Gasteiger partial charge in [0.1, 0.15) is 0 Å². The molecule has 0 unspecified atom stereocenters. The van der Waals surface area contributed by atoms with Gasteiger partial charge in [-0.25, -0.2) is 0 Å². The molecule has 1 aromatic rings. The Bertz CT molecular complexity index is 312. The number of nitrogens with zero attached hydrogens (tertiary/aromatic N) is 2. The summed E-state index contributed by atoms with van der Waals surface area (Å²) in [7, 11) is 2.06. The quantitative estimate of drug-likeness (QED) is 0.840. The standard InChI is InChI=1S/C13H21N3/c1-11(13-7-3-4-8-15-13)16-9-5-6-12(10-16)14-2/h3-4,7-8,11-12,14H,5-6,9-10H2,1-2H3/t11-,12-/m0/s1. The number of rotatable bonds is 3. The second-order valence-electron chi connectivity index (χ2n) is 4.55. The van der Waals surface area contributed by atoms with Crippen molar-refractivity contribution in [1.82, 2.24) is 15.2 Å². The fraction of sp³-hybridized carbons (Fsp3) is 0.615. The molecule has 3 nitrogen and oxygen atoms in total. The van der Waals surface area contributed by atoms with Crippen LogP contribution < -0.4 is 5.32 Å². The van der Waals surface area contributed by atoms with Crippen LogP contribution in [0.15, 0.2) is 24.4 Å². The monoisotopic (exact) mass is 219 g/mol. The Morgan fingerprint density at radius 1 is 1.50 bits per heavy atom. The molecule has 0 aliphatic carbocycles. The van der Waals surface area contributed by atoms with Gasteiger partial charge in [-0.3, -0.25) is 9.88 Å². The Morgan fingerprint density at radius 3 is 3.06 bits per heavy atom. The van der Waals surface area contributed by atoms with Crippen LogP contribution in [-0.4, -0.2) is 36.1 Å². The Balaban J connectivity index is 2.01. The van der Waals surface area contributed by atoms with Crippen LogP contribution >= 0.6 is 0 Å². The summed E-state index contributed by atoms with van der Waals surface area (Å²) in [5.41, 5.74) is 1.18. The van der Waals surface area contributed by atoms with E-state index in [-0.39, 0.29) is 0 Å². The zero-order valence-electron chi connectivity index (χ0n) is 10.2. The van der Waals surface area contributed by atoms with Crippen molar-refractivity contribution in [2.45, 2.75) is 31.8 Å². The molecule has 0 spiro atoms. The van der Waals surface area contributed by atoms with Gasteiger partial charge in [-0.05, 0) is 45.5 Å². The smallest absolute Gasteiger partial charge is 0.0572 e. The minimum atomic E-state index is 0.428. The third kappa shape index (κ3) is 2.60. The SMILES string of the molecule is CN[C@H]1CCCN([C@@H](C)c2ccccn2)C1. The number of nitrogens with one attached hydrogen (secondary N) is 1. The minimum absolute atomic E-state index is 0.428. The maximum absolute atomic E-state index is 4.44. The molecule has 0 radical (unpaired) electrons. The van der Waals surface area contributed by atoms with E-state index in [0.29, 0.717) is 12.1 Å². The van der Waals surface area contributed by atoms with Crippen LogP contribution in [-0.2, 0) is 0 Å². The molecular weight excluding hydrogens is 198 g/mol. The van der Waals surface area contributed by atoms with E-state index in [1.165, 1.54) is 25.1 Å². The van der Waals surface area contributed by atoms with Crippen molar-refractivity contribution >= 4 is 0 Å². The molecule has 1 N–H and O–H groups in total. The zero-order chi connectivity index (χ0) is 11.4. The van der Waals surface area contributed by atoms with E-state index in [4.69, 9.17) is 0 Å². The summed E-state index contributed by atoms with van der Waals surface area (Å²) in [4.78, 5) is 6.96. The molecule has 0 aromatic carbocycles. The molecule has 1 aliphatic rings. The first-order valence-corrected chi connectivity index (χ1v) is 6.13. The van der Waals surface area contributed by atoms with Crippen molar-refractivity contribution in [2.75, 3.05) is 20.1 Å². The maximum Gasteiger partial charge on any atom is 0.0572 e. The largest absolute Gasteiger partial charge is 0.316 e. The first-order valence-electron chi connectivity index (χ1n) is 6.13. The molecule has 2 atom stereocenters. The van der Waals surface area contributed by atoms with Crippen LogP contribution in [0.2, 0.25) is 0 Å². The number of likely N-dealkylation sites (tertiary alicyclic amines) is 1. The molecule has 1 saturated heterocycles. The summed E-state index contributed by atoms with van der Waals surface area (Å²) in [6, 6.07) is 7.23. The van der Waals surface area contributed by atoms with E-state index < -0.39 is 0 Å². The van der Waals surface area contributed by atoms with Gasteiger partial charge in [0.2, 0.25) is 0 Å². The second-order valence-corrected chi connectivity index (χ2v) is 4.55. The number of pyridine rings is 1. The van der Waals surface area contributed by atoms with Gasteiger partial charge < -0.3 is 5.32 Å². The fourth-order valence-electron chi connectivity index (χ4n) is 2.40. The molecule has 1 fully saturated rings. The normalized spacial score (nSPS) is 24.2. The molecule has 1 aliphatic heterocycles. The van der Waals surface area contributed by atoms with Crippen LogP contribution in [0.1, 0.15) is 31.5 Å². The average Bonchev–Trinajstić information content (AvgIpc) is 2.39. The van der Waals surface area contributed by atoms with Crippen molar-refractivity contribution in [1.29, 1.82) is 0 Å². The average molecular weight is 219 g/mol. The van der Waals surface area contributed by atoms with Gasteiger partial charge in [0, 0.05) is 24.8 Å². The van der Waals surface area contributed by atoms with Gasteiger partial charge in [-0.1, -0.05) is 6.07 Å². The Labute approximate surface area is 97.9 Å². The minimum Gasteiger partial charge on any atom is -0.316 e. The van der Waals surface area contributed by atoms with Crippen LogP contribution in [0, 0.1) is 0 Å². The molecular formula is C13H21N3. The highest BCUT2D eigenvalue weighted by Gasteiger charge is 2.23. The van der Waals surface area contributed by atoms with Gasteiger partial charge in [0.05, 0.1) is 5.69 Å². The lowest BCUT2D eigenvalue weighted by molar-refractivity contribution is 0.147. The van der Waals surface area contributed by atoms with E-state index in [1.54, 1.807) is 0 Å². The summed E-state index contributed by atoms with van der Waals surface area (Å²) < 4.78 is 0. The first-order chi connectivity index (χ1) is 7.81. The highest BCUT2D eigenvalue weighted by molar-refractivity contribution is 5.08. The molecule has 0 bridgehead atoms. The maximum atomic E-state index is 4.44. The van der Waals surface area contributed by atoms with Crippen molar-refractivity contribution in [2.24, 2.45) is 0 Å². The van der Waals surface area contributed by atoms with Gasteiger partial charge in [-0.2, -0.15) is 0 Å². The van der Waals surface area contributed by atoms with E-state index in [9.17, 15) is 0 Å². The van der Waals surface area contributed by atoms with Crippen LogP contribution in [0.3, 0.4) is 0 Å². The molecule has 0 saturated carbocycles. The predicted octanol–water partition coefficient (Wildman–Crippen LogP) is 1.83. The van der Waals surface area contributed by atoms with Crippen LogP contribution in [0.5, 0.6) is 0 Å². The lowest BCUT2D eigenvalue weighted by atomic mass is 10.0. The van der Waals surface area contributed by atoms with E-state index in [2.05, 4.69) is 41.3 Å². The topological polar surface area (TPSA) is 28.2 Å². The first kappa shape index (κ1) is 11.6. The Morgan fingerprint density at radius 2 is 2.38 bits per heavy atom. The van der Waals surface area contributed by atoms with E-state index in [1.807, 2.05) is 12.3 Å². The molecule has 2 heterocycles. The van der Waals surface area contributed by atoms with E-state index >= 15 is 0 Å². The number of likely N-dealkylation sites (N-methyl/N-ethyl adjacent to an activating group) is 1. The third-order valence-corrected chi connectivity index (χ3v) is 3.52. The number of hydrogen-bond donors (Lipinski definition) is 1. The van der Waals surface area contributed by atoms with Crippen molar-refractivity contribution in [3.05, 3.63) is 30.1 Å². The number of piperidine rings is 1. The second kappa shape index (κ2) is 5.41. The predicted molar refractivity (Wildman–Crippen MR) is 66.3 cm³/mol.